The van der Waals surface area contributed by atoms with Crippen LogP contribution in [0.2, 0.25) is 0 Å². The highest BCUT2D eigenvalue weighted by Crippen LogP contribution is 2.39. The molecule has 1 amide bonds. The number of likely N-dealkylation sites (N-methyl/N-ethyl adjacent to an activating group) is 1. The van der Waals surface area contributed by atoms with Crippen LogP contribution < -0.4 is 10.5 Å². The van der Waals surface area contributed by atoms with Crippen molar-refractivity contribution < 1.29 is 14.0 Å². The first-order valence-electron chi connectivity index (χ1n) is 14.1. The lowest BCUT2D eigenvalue weighted by Crippen LogP contribution is -2.46. The highest BCUT2D eigenvalue weighted by atomic mass is 16.5. The van der Waals surface area contributed by atoms with Gasteiger partial charge in [0.05, 0.1) is 14.1 Å². The van der Waals surface area contributed by atoms with Crippen LogP contribution in [0.4, 0.5) is 0 Å². The van der Waals surface area contributed by atoms with Gasteiger partial charge in [-0.15, -0.1) is 0 Å². The summed E-state index contributed by atoms with van der Waals surface area (Å²) in [5, 5.41) is 2.23. The van der Waals surface area contributed by atoms with Crippen LogP contribution in [0, 0.1) is 6.92 Å². The minimum atomic E-state index is -0.396. The number of nitrogens with two attached hydrogens (primary N) is 1. The predicted molar refractivity (Wildman–Crippen MR) is 161 cm³/mol. The second kappa shape index (κ2) is 12.4. The van der Waals surface area contributed by atoms with Gasteiger partial charge in [0.25, 0.3) is 0 Å². The second-order valence-electron chi connectivity index (χ2n) is 11.0. The maximum absolute atomic E-state index is 12.2. The third-order valence-corrected chi connectivity index (χ3v) is 7.87. The summed E-state index contributed by atoms with van der Waals surface area (Å²) in [6.07, 6.45) is 4.15. The maximum Gasteiger partial charge on any atom is 0.248 e. The van der Waals surface area contributed by atoms with Crippen LogP contribution >= 0.6 is 0 Å². The number of aromatic nitrogens is 1. The zero-order valence-electron chi connectivity index (χ0n) is 24.0. The summed E-state index contributed by atoms with van der Waals surface area (Å²) in [5.41, 5.74) is 11.7. The summed E-state index contributed by atoms with van der Waals surface area (Å²) in [6.45, 7) is 7.79. The largest absolute Gasteiger partial charge is 0.471 e. The van der Waals surface area contributed by atoms with Gasteiger partial charge in [0.2, 0.25) is 11.8 Å². The first kappa shape index (κ1) is 28.3. The number of pyridine rings is 1. The number of ether oxygens (including phenoxy) is 1. The fraction of sp³-hybridized carbons (Fsp3) is 0.353. The van der Waals surface area contributed by atoms with Gasteiger partial charge in [-0.1, -0.05) is 74.9 Å². The van der Waals surface area contributed by atoms with Crippen molar-refractivity contribution >= 4 is 16.7 Å². The van der Waals surface area contributed by atoms with E-state index in [2.05, 4.69) is 70.4 Å². The van der Waals surface area contributed by atoms with E-state index in [0.717, 1.165) is 70.4 Å². The van der Waals surface area contributed by atoms with Crippen LogP contribution in [-0.4, -0.2) is 42.6 Å². The molecule has 1 heterocycles. The summed E-state index contributed by atoms with van der Waals surface area (Å²) < 4.78 is 7.14. The Hall–Kier alpha value is -3.70. The van der Waals surface area contributed by atoms with Crippen LogP contribution in [-0.2, 0) is 6.42 Å². The van der Waals surface area contributed by atoms with E-state index in [1.54, 1.807) is 0 Å². The Morgan fingerprint density at radius 2 is 1.72 bits per heavy atom. The zero-order chi connectivity index (χ0) is 28.0. The molecule has 0 bridgehead atoms. The number of rotatable bonds is 12. The quantitative estimate of drug-likeness (QED) is 0.198. The lowest BCUT2D eigenvalue weighted by molar-refractivity contribution is -0.921. The van der Waals surface area contributed by atoms with Crippen LogP contribution in [0.25, 0.3) is 21.9 Å². The molecule has 39 heavy (non-hydrogen) atoms. The molecule has 0 spiro atoms. The fourth-order valence-corrected chi connectivity index (χ4v) is 5.71. The van der Waals surface area contributed by atoms with Gasteiger partial charge >= 0.3 is 0 Å². The molecular weight excluding hydrogens is 482 g/mol. The molecule has 0 aliphatic heterocycles. The monoisotopic (exact) mass is 524 g/mol. The minimum absolute atomic E-state index is 0.199. The highest BCUT2D eigenvalue weighted by Gasteiger charge is 2.32. The van der Waals surface area contributed by atoms with Crippen molar-refractivity contribution in [3.05, 3.63) is 95.2 Å². The van der Waals surface area contributed by atoms with E-state index in [1.807, 2.05) is 37.3 Å². The van der Waals surface area contributed by atoms with Gasteiger partial charge in [0, 0.05) is 28.6 Å². The first-order valence-corrected chi connectivity index (χ1v) is 14.1. The molecule has 1 aromatic heterocycles. The van der Waals surface area contributed by atoms with Crippen molar-refractivity contribution in [2.45, 2.75) is 52.5 Å². The fourth-order valence-electron chi connectivity index (χ4n) is 5.71. The normalized spacial score (nSPS) is 12.4. The van der Waals surface area contributed by atoms with Crippen molar-refractivity contribution in [1.82, 2.24) is 4.98 Å². The number of hydrogen-bond acceptors (Lipinski definition) is 3. The van der Waals surface area contributed by atoms with Gasteiger partial charge in [-0.05, 0) is 60.0 Å². The Kier molecular flexibility index (Phi) is 9.03. The van der Waals surface area contributed by atoms with Gasteiger partial charge in [0.1, 0.15) is 19.2 Å². The summed E-state index contributed by atoms with van der Waals surface area (Å²) in [6, 6.07) is 25.0. The molecule has 3 aromatic carbocycles. The number of nitrogens with zero attached hydrogens (tertiary/aromatic N) is 2. The molecule has 5 nitrogen and oxygen atoms in total. The van der Waals surface area contributed by atoms with E-state index in [0.29, 0.717) is 12.2 Å². The molecule has 0 aliphatic rings. The summed E-state index contributed by atoms with van der Waals surface area (Å²) >= 11 is 0. The number of quaternary nitrogens is 1. The number of aryl methyl sites for hydroxylation is 1. The second-order valence-corrected chi connectivity index (χ2v) is 11.0. The molecular formula is C34H42N3O2+. The van der Waals surface area contributed by atoms with E-state index in [1.165, 1.54) is 10.9 Å². The molecule has 4 rings (SSSR count). The van der Waals surface area contributed by atoms with Gasteiger partial charge in [-0.25, -0.2) is 4.98 Å². The maximum atomic E-state index is 12.2. The molecule has 5 heteroatoms. The number of unbranched alkanes of at least 4 members (excludes halogenated alkanes) is 1. The van der Waals surface area contributed by atoms with E-state index in [9.17, 15) is 4.79 Å². The van der Waals surface area contributed by atoms with E-state index >= 15 is 0 Å². The number of primary amides is 1. The Morgan fingerprint density at radius 3 is 2.41 bits per heavy atom. The third-order valence-electron chi connectivity index (χ3n) is 7.87. The van der Waals surface area contributed by atoms with Crippen LogP contribution in [0.3, 0.4) is 0 Å². The van der Waals surface area contributed by atoms with E-state index < -0.39 is 5.91 Å². The number of amides is 1. The molecule has 0 saturated carbocycles. The van der Waals surface area contributed by atoms with Crippen LogP contribution in [0.5, 0.6) is 5.88 Å². The standard InChI is InChI=1S/C34H41N3O2/c1-6-8-17-27-23-26-16-12-13-18-29(26)34(36-27)39-22-21-37(4,5)31(7-2)30-20-19-28(33(35)38)24(3)32(30)25-14-10-9-11-15-25/h9-16,18-20,23,31H,6-8,17,21-22H2,1-5H3,(H-,35,38)/p+1/t31-/m1/s1. The van der Waals surface area contributed by atoms with E-state index in [-0.39, 0.29) is 6.04 Å². The molecule has 4 aromatic rings. The SMILES string of the molecule is CCCCc1cc2ccccc2c(OCC[N+](C)(C)[C@H](CC)c2ccc(C(N)=O)c(C)c2-c2ccccc2)n1. The van der Waals surface area contributed by atoms with E-state index in [4.69, 9.17) is 15.5 Å². The summed E-state index contributed by atoms with van der Waals surface area (Å²) in [7, 11) is 4.51. The van der Waals surface area contributed by atoms with Gasteiger partial charge in [-0.3, -0.25) is 4.79 Å². The predicted octanol–water partition coefficient (Wildman–Crippen LogP) is 7.26. The van der Waals surface area contributed by atoms with Gasteiger partial charge in [0.15, 0.2) is 0 Å². The van der Waals surface area contributed by atoms with Crippen molar-refractivity contribution in [1.29, 1.82) is 0 Å². The number of fused-ring (bicyclic) bond motifs is 1. The van der Waals surface area contributed by atoms with Crippen molar-refractivity contribution in [3.63, 3.8) is 0 Å². The molecule has 204 valence electrons. The minimum Gasteiger partial charge on any atom is -0.471 e. The van der Waals surface area contributed by atoms with Gasteiger partial charge < -0.3 is 15.0 Å². The van der Waals surface area contributed by atoms with Crippen molar-refractivity contribution in [2.24, 2.45) is 5.73 Å². The van der Waals surface area contributed by atoms with Crippen LogP contribution in [0.15, 0.2) is 72.8 Å². The smallest absolute Gasteiger partial charge is 0.248 e. The van der Waals surface area contributed by atoms with Crippen molar-refractivity contribution in [2.75, 3.05) is 27.2 Å². The average Bonchev–Trinajstić information content (AvgIpc) is 2.92. The summed E-state index contributed by atoms with van der Waals surface area (Å²) in [5.74, 6) is 0.325. The Labute approximate surface area is 233 Å². The molecule has 0 fully saturated rings. The molecule has 2 N–H and O–H groups in total. The number of carbonyl (C=O) groups is 1. The number of benzene rings is 3. The molecule has 1 atom stereocenters. The van der Waals surface area contributed by atoms with Crippen molar-refractivity contribution in [3.8, 4) is 17.0 Å². The Morgan fingerprint density at radius 1 is 1.00 bits per heavy atom. The molecule has 0 aliphatic carbocycles. The highest BCUT2D eigenvalue weighted by molar-refractivity contribution is 5.96. The topological polar surface area (TPSA) is 65.2 Å². The summed E-state index contributed by atoms with van der Waals surface area (Å²) in [4.78, 5) is 17.1. The lowest BCUT2D eigenvalue weighted by atomic mass is 9.86. The molecule has 0 radical (unpaired) electrons. The number of carbonyl (C=O) groups excluding carboxylic acids is 1. The lowest BCUT2D eigenvalue weighted by Gasteiger charge is -2.39. The Bertz CT molecular complexity index is 1430. The van der Waals surface area contributed by atoms with Gasteiger partial charge in [-0.2, -0.15) is 0 Å². The third kappa shape index (κ3) is 6.31. The number of hydrogen-bond donors (Lipinski definition) is 1. The van der Waals surface area contributed by atoms with Crippen LogP contribution in [0.1, 0.15) is 66.3 Å². The Balaban J connectivity index is 1.63. The molecule has 0 saturated heterocycles. The first-order chi connectivity index (χ1) is 18.8. The molecule has 0 unspecified atom stereocenters. The average molecular weight is 525 g/mol. The zero-order valence-corrected chi connectivity index (χ0v) is 24.0.